The number of carbonyl (C=O) groups is 2. The zero-order valence-corrected chi connectivity index (χ0v) is 5.83. The maximum Gasteiger partial charge on any atom is 0.233 e. The van der Waals surface area contributed by atoms with Gasteiger partial charge < -0.3 is 0 Å². The highest BCUT2D eigenvalue weighted by atomic mass is 16.2. The first-order valence-electron chi connectivity index (χ1n) is 3.45. The molecule has 2 aliphatic rings. The van der Waals surface area contributed by atoms with Gasteiger partial charge in [-0.3, -0.25) is 9.59 Å². The molecule has 2 nitrogen and oxygen atoms in total. The Bertz CT molecular complexity index is 329. The van der Waals surface area contributed by atoms with E-state index in [1.54, 1.807) is 12.2 Å². The van der Waals surface area contributed by atoms with Crippen molar-refractivity contribution in [3.8, 4) is 0 Å². The summed E-state index contributed by atoms with van der Waals surface area (Å²) in [6, 6.07) is 0. The van der Waals surface area contributed by atoms with Crippen molar-refractivity contribution in [1.82, 2.24) is 0 Å². The van der Waals surface area contributed by atoms with Crippen LogP contribution in [0.5, 0.6) is 0 Å². The van der Waals surface area contributed by atoms with Crippen LogP contribution >= 0.6 is 0 Å². The van der Waals surface area contributed by atoms with Gasteiger partial charge in [-0.2, -0.15) is 0 Å². The summed E-state index contributed by atoms with van der Waals surface area (Å²) >= 11 is 0. The van der Waals surface area contributed by atoms with Crippen molar-refractivity contribution < 1.29 is 9.59 Å². The first kappa shape index (κ1) is 6.28. The molecule has 0 fully saturated rings. The van der Waals surface area contributed by atoms with Gasteiger partial charge in [-0.1, -0.05) is 18.2 Å². The van der Waals surface area contributed by atoms with Crippen molar-refractivity contribution in [3.05, 3.63) is 35.5 Å². The van der Waals surface area contributed by atoms with Crippen LogP contribution in [0.1, 0.15) is 6.42 Å². The summed E-state index contributed by atoms with van der Waals surface area (Å²) in [6.07, 6.45) is 7.46. The molecule has 54 valence electrons. The topological polar surface area (TPSA) is 34.1 Å². The summed E-state index contributed by atoms with van der Waals surface area (Å²) < 4.78 is 0. The van der Waals surface area contributed by atoms with Crippen LogP contribution in [0.25, 0.3) is 0 Å². The van der Waals surface area contributed by atoms with Gasteiger partial charge in [0.2, 0.25) is 11.6 Å². The summed E-state index contributed by atoms with van der Waals surface area (Å²) in [4.78, 5) is 21.9. The molecule has 0 aromatic carbocycles. The Labute approximate surface area is 63.9 Å². The van der Waals surface area contributed by atoms with E-state index >= 15 is 0 Å². The highest BCUT2D eigenvalue weighted by Gasteiger charge is 2.23. The van der Waals surface area contributed by atoms with Gasteiger partial charge in [-0.15, -0.1) is 0 Å². The predicted octanol–water partition coefficient (Wildman–Crippen LogP) is 0.951. The summed E-state index contributed by atoms with van der Waals surface area (Å²) in [5, 5.41) is 0. The van der Waals surface area contributed by atoms with E-state index in [1.165, 1.54) is 6.08 Å². The average molecular weight is 146 g/mol. The van der Waals surface area contributed by atoms with Gasteiger partial charge in [-0.25, -0.2) is 0 Å². The number of rotatable bonds is 0. The fourth-order valence-corrected chi connectivity index (χ4v) is 1.28. The fourth-order valence-electron chi connectivity index (χ4n) is 1.28. The number of allylic oxidation sites excluding steroid dienone is 6. The highest BCUT2D eigenvalue weighted by molar-refractivity contribution is 6.49. The molecule has 0 aromatic rings. The minimum Gasteiger partial charge on any atom is -0.286 e. The van der Waals surface area contributed by atoms with Gasteiger partial charge in [0.25, 0.3) is 0 Å². The molecule has 0 saturated carbocycles. The van der Waals surface area contributed by atoms with Gasteiger partial charge in [0.05, 0.1) is 0 Å². The molecule has 0 spiro atoms. The normalized spacial score (nSPS) is 21.5. The lowest BCUT2D eigenvalue weighted by atomic mass is 9.98. The lowest BCUT2D eigenvalue weighted by Crippen LogP contribution is -2.16. The Hall–Kier alpha value is -1.44. The lowest BCUT2D eigenvalue weighted by Gasteiger charge is -2.03. The number of hydrogen-bond donors (Lipinski definition) is 0. The van der Waals surface area contributed by atoms with Crippen LogP contribution in [0, 0.1) is 0 Å². The molecule has 0 unspecified atom stereocenters. The van der Waals surface area contributed by atoms with E-state index in [9.17, 15) is 9.59 Å². The second kappa shape index (κ2) is 2.02. The number of hydrogen-bond acceptors (Lipinski definition) is 2. The van der Waals surface area contributed by atoms with E-state index in [0.717, 1.165) is 12.0 Å². The third-order valence-electron chi connectivity index (χ3n) is 1.87. The minimum atomic E-state index is -0.407. The molecule has 0 atom stereocenters. The molecule has 0 heterocycles. The van der Waals surface area contributed by atoms with Crippen molar-refractivity contribution in [2.24, 2.45) is 0 Å². The van der Waals surface area contributed by atoms with Crippen LogP contribution in [0.4, 0.5) is 0 Å². The van der Waals surface area contributed by atoms with Crippen molar-refractivity contribution in [3.63, 3.8) is 0 Å². The minimum absolute atomic E-state index is 0.365. The molecule has 2 heteroatoms. The van der Waals surface area contributed by atoms with E-state index in [4.69, 9.17) is 0 Å². The first-order valence-corrected chi connectivity index (χ1v) is 3.45. The molecular weight excluding hydrogens is 140 g/mol. The second-order valence-corrected chi connectivity index (χ2v) is 2.57. The molecule has 0 saturated heterocycles. The monoisotopic (exact) mass is 146 g/mol. The van der Waals surface area contributed by atoms with Gasteiger partial charge in [0, 0.05) is 5.57 Å². The average Bonchev–Trinajstić information content (AvgIpc) is 2.45. The number of ketones is 2. The summed E-state index contributed by atoms with van der Waals surface area (Å²) in [5.41, 5.74) is 1.55. The Kier molecular flexibility index (Phi) is 1.15. The molecule has 0 amide bonds. The number of carbonyl (C=O) groups excluding carboxylic acids is 2. The Morgan fingerprint density at radius 1 is 1.09 bits per heavy atom. The van der Waals surface area contributed by atoms with Crippen LogP contribution in [-0.2, 0) is 9.59 Å². The van der Waals surface area contributed by atoms with Gasteiger partial charge >= 0.3 is 0 Å². The molecular formula is C9H6O2. The maximum absolute atomic E-state index is 11.1. The molecule has 11 heavy (non-hydrogen) atoms. The zero-order valence-electron chi connectivity index (χ0n) is 5.83. The van der Waals surface area contributed by atoms with Crippen LogP contribution in [0.15, 0.2) is 35.5 Å². The van der Waals surface area contributed by atoms with Crippen molar-refractivity contribution in [2.75, 3.05) is 0 Å². The summed E-state index contributed by atoms with van der Waals surface area (Å²) in [7, 11) is 0. The van der Waals surface area contributed by atoms with Gasteiger partial charge in [0.15, 0.2) is 0 Å². The second-order valence-electron chi connectivity index (χ2n) is 2.57. The van der Waals surface area contributed by atoms with Crippen molar-refractivity contribution in [1.29, 1.82) is 0 Å². The van der Waals surface area contributed by atoms with Crippen LogP contribution in [-0.4, -0.2) is 11.6 Å². The largest absolute Gasteiger partial charge is 0.286 e. The Morgan fingerprint density at radius 3 is 2.73 bits per heavy atom. The van der Waals surface area contributed by atoms with E-state index in [-0.39, 0.29) is 5.78 Å². The molecule has 0 radical (unpaired) electrons. The molecule has 0 bridgehead atoms. The quantitative estimate of drug-likeness (QED) is 0.376. The third kappa shape index (κ3) is 0.792. The van der Waals surface area contributed by atoms with E-state index in [0.29, 0.717) is 5.57 Å². The maximum atomic E-state index is 11.1. The lowest BCUT2D eigenvalue weighted by molar-refractivity contribution is -0.131. The SMILES string of the molecule is O=C1C=CC2=C(C=CC2)C1=O. The summed E-state index contributed by atoms with van der Waals surface area (Å²) in [6.45, 7) is 0. The molecule has 0 aromatic heterocycles. The van der Waals surface area contributed by atoms with E-state index in [1.807, 2.05) is 6.08 Å². The molecule has 0 aliphatic heterocycles. The van der Waals surface area contributed by atoms with Crippen LogP contribution < -0.4 is 0 Å². The van der Waals surface area contributed by atoms with E-state index in [2.05, 4.69) is 0 Å². The third-order valence-corrected chi connectivity index (χ3v) is 1.87. The Morgan fingerprint density at radius 2 is 1.91 bits per heavy atom. The molecule has 2 rings (SSSR count). The highest BCUT2D eigenvalue weighted by Crippen LogP contribution is 2.24. The predicted molar refractivity (Wildman–Crippen MR) is 39.9 cm³/mol. The van der Waals surface area contributed by atoms with Crippen molar-refractivity contribution >= 4 is 11.6 Å². The first-order chi connectivity index (χ1) is 5.29. The standard InChI is InChI=1S/C9H6O2/c10-8-5-4-6-2-1-3-7(6)9(8)11/h1,3-5H,2H2. The molecule has 0 N–H and O–H groups in total. The summed E-state index contributed by atoms with van der Waals surface area (Å²) in [5.74, 6) is -0.772. The van der Waals surface area contributed by atoms with Crippen LogP contribution in [0.2, 0.25) is 0 Å². The molecule has 2 aliphatic carbocycles. The van der Waals surface area contributed by atoms with Crippen LogP contribution in [0.3, 0.4) is 0 Å². The van der Waals surface area contributed by atoms with Crippen molar-refractivity contribution in [2.45, 2.75) is 6.42 Å². The van der Waals surface area contributed by atoms with Gasteiger partial charge in [0.1, 0.15) is 0 Å². The van der Waals surface area contributed by atoms with Gasteiger partial charge in [-0.05, 0) is 18.1 Å². The van der Waals surface area contributed by atoms with E-state index < -0.39 is 5.78 Å². The zero-order chi connectivity index (χ0) is 7.84. The Balaban J connectivity index is 2.52. The number of Topliss-reactive ketones (excluding diaryl/α,β-unsaturated/α-hetero) is 1. The smallest absolute Gasteiger partial charge is 0.233 e. The fraction of sp³-hybridized carbons (Fsp3) is 0.111.